The number of nitrogens with one attached hydrogen (secondary N) is 2. The molecule has 3 rings (SSSR count). The average Bonchev–Trinajstić information content (AvgIpc) is 2.99. The van der Waals surface area contributed by atoms with E-state index in [2.05, 4.69) is 48.4 Å². The Kier molecular flexibility index (Phi) is 3.59. The van der Waals surface area contributed by atoms with Gasteiger partial charge in [0.25, 0.3) is 0 Å². The lowest BCUT2D eigenvalue weighted by molar-refractivity contribution is 0.140. The average molecular weight is 285 g/mol. The van der Waals surface area contributed by atoms with E-state index in [0.717, 1.165) is 12.1 Å². The zero-order valence-corrected chi connectivity index (χ0v) is 12.9. The van der Waals surface area contributed by atoms with E-state index >= 15 is 0 Å². The molecule has 0 unspecified atom stereocenters. The summed E-state index contributed by atoms with van der Waals surface area (Å²) in [6.45, 7) is 7.22. The van der Waals surface area contributed by atoms with Gasteiger partial charge in [0.05, 0.1) is 18.3 Å². The smallest absolute Gasteiger partial charge is 0.0775 e. The van der Waals surface area contributed by atoms with Crippen LogP contribution in [0.4, 0.5) is 0 Å². The maximum Gasteiger partial charge on any atom is 0.0775 e. The molecule has 0 amide bonds. The van der Waals surface area contributed by atoms with E-state index in [4.69, 9.17) is 0 Å². The van der Waals surface area contributed by atoms with E-state index in [0.29, 0.717) is 6.54 Å². The second-order valence-electron chi connectivity index (χ2n) is 6.85. The van der Waals surface area contributed by atoms with Crippen LogP contribution in [0.15, 0.2) is 30.5 Å². The topological polar surface area (TPSA) is 60.9 Å². The predicted octanol–water partition coefficient (Wildman–Crippen LogP) is 2.46. The minimum atomic E-state index is -0.354. The number of hydrogen-bond acceptors (Lipinski definition) is 3. The van der Waals surface area contributed by atoms with Crippen molar-refractivity contribution in [3.05, 3.63) is 52.8 Å². The van der Waals surface area contributed by atoms with E-state index < -0.39 is 0 Å². The van der Waals surface area contributed by atoms with Gasteiger partial charge in [-0.3, -0.25) is 5.10 Å². The molecule has 1 heterocycles. The van der Waals surface area contributed by atoms with Crippen molar-refractivity contribution in [1.82, 2.24) is 15.5 Å². The van der Waals surface area contributed by atoms with Gasteiger partial charge in [0.2, 0.25) is 0 Å². The number of aromatic amines is 1. The molecule has 21 heavy (non-hydrogen) atoms. The van der Waals surface area contributed by atoms with Crippen molar-refractivity contribution in [2.45, 2.75) is 51.3 Å². The first-order chi connectivity index (χ1) is 9.97. The Balaban J connectivity index is 1.76. The molecule has 0 fully saturated rings. The van der Waals surface area contributed by atoms with Gasteiger partial charge in [-0.15, -0.1) is 0 Å². The predicted molar refractivity (Wildman–Crippen MR) is 83.0 cm³/mol. The minimum Gasteiger partial charge on any atom is -0.391 e. The molecular formula is C17H23N3O. The number of benzene rings is 1. The fourth-order valence-corrected chi connectivity index (χ4v) is 3.13. The van der Waals surface area contributed by atoms with Gasteiger partial charge in [-0.05, 0) is 11.1 Å². The number of fused-ring (bicyclic) bond motifs is 1. The van der Waals surface area contributed by atoms with Crippen molar-refractivity contribution in [2.75, 3.05) is 0 Å². The van der Waals surface area contributed by atoms with Crippen LogP contribution in [0.1, 0.15) is 49.2 Å². The molecule has 1 aliphatic carbocycles. The van der Waals surface area contributed by atoms with Gasteiger partial charge >= 0.3 is 0 Å². The van der Waals surface area contributed by atoms with Crippen molar-refractivity contribution < 1.29 is 5.11 Å². The van der Waals surface area contributed by atoms with Crippen LogP contribution >= 0.6 is 0 Å². The zero-order chi connectivity index (χ0) is 15.0. The quantitative estimate of drug-likeness (QED) is 0.812. The highest BCUT2D eigenvalue weighted by molar-refractivity contribution is 5.36. The highest BCUT2D eigenvalue weighted by Gasteiger charge is 2.30. The lowest BCUT2D eigenvalue weighted by Crippen LogP contribution is -2.29. The first-order valence-corrected chi connectivity index (χ1v) is 7.49. The number of nitrogens with zero attached hydrogens (tertiary/aromatic N) is 1. The summed E-state index contributed by atoms with van der Waals surface area (Å²) in [6.07, 6.45) is 2.25. The molecular weight excluding hydrogens is 262 g/mol. The lowest BCUT2D eigenvalue weighted by atomic mass is 9.89. The summed E-state index contributed by atoms with van der Waals surface area (Å²) < 4.78 is 0. The first kappa shape index (κ1) is 14.3. The van der Waals surface area contributed by atoms with Gasteiger partial charge in [0.15, 0.2) is 0 Å². The maximum absolute atomic E-state index is 10.3. The minimum absolute atomic E-state index is 0.00363. The van der Waals surface area contributed by atoms with Gasteiger partial charge in [-0.25, -0.2) is 0 Å². The number of aliphatic hydroxyl groups is 1. The fourth-order valence-electron chi connectivity index (χ4n) is 3.13. The van der Waals surface area contributed by atoms with Crippen LogP contribution in [0.3, 0.4) is 0 Å². The Bertz CT molecular complexity index is 627. The van der Waals surface area contributed by atoms with Crippen LogP contribution < -0.4 is 5.32 Å². The summed E-state index contributed by atoms with van der Waals surface area (Å²) in [6, 6.07) is 8.26. The molecule has 1 aromatic carbocycles. The van der Waals surface area contributed by atoms with Gasteiger partial charge in [-0.2, -0.15) is 5.10 Å². The molecule has 0 saturated heterocycles. The molecule has 4 heteroatoms. The molecule has 3 N–H and O–H groups in total. The lowest BCUT2D eigenvalue weighted by Gasteiger charge is -2.21. The summed E-state index contributed by atoms with van der Waals surface area (Å²) in [4.78, 5) is 0. The van der Waals surface area contributed by atoms with E-state index in [-0.39, 0.29) is 17.6 Å². The van der Waals surface area contributed by atoms with Crippen LogP contribution in [-0.2, 0) is 18.4 Å². The third-order valence-electron chi connectivity index (χ3n) is 4.18. The normalized spacial score (nSPS) is 21.5. The maximum atomic E-state index is 10.3. The number of rotatable bonds is 3. The zero-order valence-electron chi connectivity index (χ0n) is 12.9. The van der Waals surface area contributed by atoms with Crippen LogP contribution in [0.5, 0.6) is 0 Å². The van der Waals surface area contributed by atoms with E-state index in [1.54, 1.807) is 0 Å². The SMILES string of the molecule is CC(C)(C)c1[nH]ncc1CN[C@@H]1c2ccccc2C[C@@H]1O. The molecule has 2 atom stereocenters. The van der Waals surface area contributed by atoms with Crippen molar-refractivity contribution in [2.24, 2.45) is 0 Å². The Morgan fingerprint density at radius 3 is 2.86 bits per heavy atom. The molecule has 0 saturated carbocycles. The van der Waals surface area contributed by atoms with Crippen molar-refractivity contribution >= 4 is 0 Å². The summed E-state index contributed by atoms with van der Waals surface area (Å²) in [5.41, 5.74) is 4.81. The fraction of sp³-hybridized carbons (Fsp3) is 0.471. The highest BCUT2D eigenvalue weighted by Crippen LogP contribution is 2.32. The molecule has 1 aliphatic rings. The molecule has 0 aliphatic heterocycles. The van der Waals surface area contributed by atoms with Gasteiger partial charge in [0.1, 0.15) is 0 Å². The monoisotopic (exact) mass is 285 g/mol. The third-order valence-corrected chi connectivity index (χ3v) is 4.18. The summed E-state index contributed by atoms with van der Waals surface area (Å²) in [5.74, 6) is 0. The largest absolute Gasteiger partial charge is 0.391 e. The molecule has 0 radical (unpaired) electrons. The van der Waals surface area contributed by atoms with E-state index in [1.165, 1.54) is 16.7 Å². The van der Waals surface area contributed by atoms with Gasteiger partial charge in [0, 0.05) is 29.6 Å². The molecule has 2 aromatic rings. The summed E-state index contributed by atoms with van der Waals surface area (Å²) >= 11 is 0. The third kappa shape index (κ3) is 2.74. The van der Waals surface area contributed by atoms with Crippen LogP contribution in [0.25, 0.3) is 0 Å². The Morgan fingerprint density at radius 2 is 2.10 bits per heavy atom. The van der Waals surface area contributed by atoms with Crippen LogP contribution in [0, 0.1) is 0 Å². The Morgan fingerprint density at radius 1 is 1.33 bits per heavy atom. The van der Waals surface area contributed by atoms with Gasteiger partial charge < -0.3 is 10.4 Å². The van der Waals surface area contributed by atoms with E-state index in [9.17, 15) is 5.11 Å². The van der Waals surface area contributed by atoms with Crippen LogP contribution in [0.2, 0.25) is 0 Å². The summed E-state index contributed by atoms with van der Waals surface area (Å²) in [5, 5.41) is 21.0. The van der Waals surface area contributed by atoms with Gasteiger partial charge in [-0.1, -0.05) is 45.0 Å². The number of aliphatic hydroxyl groups excluding tert-OH is 1. The summed E-state index contributed by atoms with van der Waals surface area (Å²) in [7, 11) is 0. The molecule has 4 nitrogen and oxygen atoms in total. The van der Waals surface area contributed by atoms with Crippen LogP contribution in [-0.4, -0.2) is 21.4 Å². The Labute approximate surface area is 125 Å². The van der Waals surface area contributed by atoms with Crippen molar-refractivity contribution in [3.8, 4) is 0 Å². The second-order valence-corrected chi connectivity index (χ2v) is 6.85. The molecule has 0 spiro atoms. The first-order valence-electron chi connectivity index (χ1n) is 7.49. The standard InChI is InChI=1S/C17H23N3O/c1-17(2,3)16-12(10-19-20-16)9-18-15-13-7-5-4-6-11(13)8-14(15)21/h4-7,10,14-15,18,21H,8-9H2,1-3H3,(H,19,20)/t14-,15+/m0/s1. The number of hydrogen-bond donors (Lipinski definition) is 3. The molecule has 0 bridgehead atoms. The highest BCUT2D eigenvalue weighted by atomic mass is 16.3. The Hall–Kier alpha value is -1.65. The van der Waals surface area contributed by atoms with E-state index in [1.807, 2.05) is 18.3 Å². The number of H-pyrrole nitrogens is 1. The molecule has 112 valence electrons. The van der Waals surface area contributed by atoms with Crippen molar-refractivity contribution in [3.63, 3.8) is 0 Å². The second kappa shape index (κ2) is 5.28. The number of aromatic nitrogens is 2. The van der Waals surface area contributed by atoms with Crippen molar-refractivity contribution in [1.29, 1.82) is 0 Å². The molecule has 1 aromatic heterocycles.